The number of anilines is 2. The lowest BCUT2D eigenvalue weighted by molar-refractivity contribution is -0.113. The van der Waals surface area contributed by atoms with Gasteiger partial charge in [-0.15, -0.1) is 11.8 Å². The van der Waals surface area contributed by atoms with Crippen LogP contribution in [0.4, 0.5) is 11.4 Å². The Bertz CT molecular complexity index is 1250. The van der Waals surface area contributed by atoms with Crippen LogP contribution in [0.15, 0.2) is 76.5 Å². The third-order valence-electron chi connectivity index (χ3n) is 4.60. The minimum atomic E-state index is -3.78. The number of sulfonamides is 1. The third kappa shape index (κ3) is 6.50. The molecule has 0 saturated heterocycles. The highest BCUT2D eigenvalue weighted by Crippen LogP contribution is 2.29. The number of carbonyl (C=O) groups excluding carboxylic acids is 2. The second-order valence-corrected chi connectivity index (χ2v) is 9.53. The molecule has 3 aromatic carbocycles. The summed E-state index contributed by atoms with van der Waals surface area (Å²) in [4.78, 5) is 25.8. The lowest BCUT2D eigenvalue weighted by Crippen LogP contribution is -2.15. The molecule has 3 aromatic rings. The minimum Gasteiger partial charge on any atom is -0.496 e. The zero-order chi connectivity index (χ0) is 24.7. The molecule has 0 fully saturated rings. The Morgan fingerprint density at radius 2 is 1.38 bits per heavy atom. The number of hydrogen-bond acceptors (Lipinski definition) is 7. The quantitative estimate of drug-likeness (QED) is 0.383. The van der Waals surface area contributed by atoms with Gasteiger partial charge in [-0.1, -0.05) is 6.07 Å². The highest BCUT2D eigenvalue weighted by molar-refractivity contribution is 8.00. The van der Waals surface area contributed by atoms with E-state index >= 15 is 0 Å². The van der Waals surface area contributed by atoms with Crippen molar-refractivity contribution >= 4 is 45.0 Å². The average Bonchev–Trinajstić information content (AvgIpc) is 2.82. The molecular formula is C23H23N3O6S2. The Labute approximate surface area is 201 Å². The molecule has 2 amide bonds. The molecule has 9 nitrogen and oxygen atoms in total. The molecule has 0 aliphatic rings. The first kappa shape index (κ1) is 25.1. The van der Waals surface area contributed by atoms with Crippen molar-refractivity contribution in [3.05, 3.63) is 72.3 Å². The number of nitrogens with one attached hydrogen (secondary N) is 2. The first-order valence-electron chi connectivity index (χ1n) is 9.89. The Morgan fingerprint density at radius 1 is 0.853 bits per heavy atom. The second-order valence-electron chi connectivity index (χ2n) is 6.92. The summed E-state index contributed by atoms with van der Waals surface area (Å²) in [6.07, 6.45) is 0. The zero-order valence-electron chi connectivity index (χ0n) is 18.4. The van der Waals surface area contributed by atoms with E-state index in [0.29, 0.717) is 28.4 Å². The smallest absolute Gasteiger partial charge is 0.263 e. The van der Waals surface area contributed by atoms with Crippen molar-refractivity contribution in [1.82, 2.24) is 0 Å². The van der Waals surface area contributed by atoms with Gasteiger partial charge in [0.25, 0.3) is 5.91 Å². The van der Waals surface area contributed by atoms with Crippen molar-refractivity contribution in [3.63, 3.8) is 0 Å². The van der Waals surface area contributed by atoms with Gasteiger partial charge in [-0.25, -0.2) is 13.6 Å². The van der Waals surface area contributed by atoms with E-state index in [0.717, 1.165) is 4.90 Å². The molecule has 34 heavy (non-hydrogen) atoms. The van der Waals surface area contributed by atoms with E-state index in [-0.39, 0.29) is 22.5 Å². The summed E-state index contributed by atoms with van der Waals surface area (Å²) in [5.74, 6) is 0.307. The van der Waals surface area contributed by atoms with Gasteiger partial charge in [0.15, 0.2) is 0 Å². The Balaban J connectivity index is 1.56. The van der Waals surface area contributed by atoms with Crippen LogP contribution >= 0.6 is 11.8 Å². The van der Waals surface area contributed by atoms with Crippen molar-refractivity contribution in [2.45, 2.75) is 9.79 Å². The molecule has 0 radical (unpaired) electrons. The maximum absolute atomic E-state index is 12.8. The summed E-state index contributed by atoms with van der Waals surface area (Å²) in [6.45, 7) is 0. The Hall–Kier alpha value is -3.54. The van der Waals surface area contributed by atoms with Crippen LogP contribution in [0.1, 0.15) is 10.4 Å². The molecule has 0 spiro atoms. The molecule has 0 aliphatic heterocycles. The van der Waals surface area contributed by atoms with Crippen LogP contribution in [0.2, 0.25) is 0 Å². The average molecular weight is 502 g/mol. The monoisotopic (exact) mass is 501 g/mol. The summed E-state index contributed by atoms with van der Waals surface area (Å²) in [5, 5.41) is 10.6. The standard InChI is InChI=1S/C23H23N3O6S2/c1-31-19-4-3-5-20(32-2)22(19)23(28)26-16-6-10-17(11-7-16)33-14-21(27)25-15-8-12-18(13-9-15)34(24,29)30/h3-13H,14H2,1-2H3,(H,25,27)(H,26,28)(H2,24,29,30). The maximum atomic E-state index is 12.8. The van der Waals surface area contributed by atoms with Gasteiger partial charge in [-0.3, -0.25) is 9.59 Å². The molecule has 3 rings (SSSR count). The summed E-state index contributed by atoms with van der Waals surface area (Å²) in [6, 6.07) is 17.7. The molecule has 0 aliphatic carbocycles. The van der Waals surface area contributed by atoms with Gasteiger partial charge < -0.3 is 20.1 Å². The number of amides is 2. The molecule has 0 heterocycles. The van der Waals surface area contributed by atoms with Crippen molar-refractivity contribution in [2.24, 2.45) is 5.14 Å². The minimum absolute atomic E-state index is 0.0313. The van der Waals surface area contributed by atoms with E-state index < -0.39 is 10.0 Å². The van der Waals surface area contributed by atoms with E-state index in [2.05, 4.69) is 10.6 Å². The van der Waals surface area contributed by atoms with Crippen molar-refractivity contribution in [2.75, 3.05) is 30.6 Å². The number of methoxy groups -OCH3 is 2. The van der Waals surface area contributed by atoms with Crippen LogP contribution in [-0.2, 0) is 14.8 Å². The molecule has 11 heteroatoms. The van der Waals surface area contributed by atoms with Gasteiger partial charge >= 0.3 is 0 Å². The first-order chi connectivity index (χ1) is 16.2. The third-order valence-corrected chi connectivity index (χ3v) is 6.54. The highest BCUT2D eigenvalue weighted by Gasteiger charge is 2.18. The van der Waals surface area contributed by atoms with Gasteiger partial charge in [-0.05, 0) is 60.7 Å². The van der Waals surface area contributed by atoms with Gasteiger partial charge in [0.05, 0.1) is 24.9 Å². The van der Waals surface area contributed by atoms with E-state index in [1.54, 1.807) is 42.5 Å². The predicted molar refractivity (Wildman–Crippen MR) is 131 cm³/mol. The predicted octanol–water partition coefficient (Wildman–Crippen LogP) is 3.33. The maximum Gasteiger partial charge on any atom is 0.263 e. The van der Waals surface area contributed by atoms with Gasteiger partial charge in [0.2, 0.25) is 15.9 Å². The van der Waals surface area contributed by atoms with Crippen LogP contribution in [-0.4, -0.2) is 40.2 Å². The highest BCUT2D eigenvalue weighted by atomic mass is 32.2. The number of rotatable bonds is 9. The molecule has 0 saturated carbocycles. The summed E-state index contributed by atoms with van der Waals surface area (Å²) < 4.78 is 33.1. The van der Waals surface area contributed by atoms with Crippen LogP contribution < -0.4 is 25.2 Å². The summed E-state index contributed by atoms with van der Waals surface area (Å²) in [7, 11) is -0.825. The number of hydrogen-bond donors (Lipinski definition) is 3. The first-order valence-corrected chi connectivity index (χ1v) is 12.4. The molecule has 0 aromatic heterocycles. The SMILES string of the molecule is COc1cccc(OC)c1C(=O)Nc1ccc(SCC(=O)Nc2ccc(S(N)(=O)=O)cc2)cc1. The fourth-order valence-corrected chi connectivity index (χ4v) is 4.19. The molecule has 0 unspecified atom stereocenters. The number of ether oxygens (including phenoxy) is 2. The molecule has 4 N–H and O–H groups in total. The summed E-state index contributed by atoms with van der Waals surface area (Å²) in [5.41, 5.74) is 1.32. The lowest BCUT2D eigenvalue weighted by atomic mass is 10.1. The van der Waals surface area contributed by atoms with Crippen molar-refractivity contribution in [3.8, 4) is 11.5 Å². The van der Waals surface area contributed by atoms with E-state index in [1.165, 1.54) is 50.2 Å². The van der Waals surface area contributed by atoms with Crippen LogP contribution in [0.25, 0.3) is 0 Å². The van der Waals surface area contributed by atoms with Crippen LogP contribution in [0.5, 0.6) is 11.5 Å². The molecule has 0 atom stereocenters. The number of nitrogens with two attached hydrogens (primary N) is 1. The number of primary sulfonamides is 1. The van der Waals surface area contributed by atoms with Gasteiger partial charge in [-0.2, -0.15) is 0 Å². The van der Waals surface area contributed by atoms with Crippen LogP contribution in [0, 0.1) is 0 Å². The number of thioether (sulfide) groups is 1. The Morgan fingerprint density at radius 3 is 1.91 bits per heavy atom. The molecular weight excluding hydrogens is 478 g/mol. The van der Waals surface area contributed by atoms with E-state index in [4.69, 9.17) is 14.6 Å². The fourth-order valence-electron chi connectivity index (χ4n) is 2.98. The molecule has 0 bridgehead atoms. The molecule has 178 valence electrons. The zero-order valence-corrected chi connectivity index (χ0v) is 20.0. The fraction of sp³-hybridized carbons (Fsp3) is 0.130. The summed E-state index contributed by atoms with van der Waals surface area (Å²) >= 11 is 1.31. The largest absolute Gasteiger partial charge is 0.496 e. The van der Waals surface area contributed by atoms with E-state index in [1.807, 2.05) is 0 Å². The van der Waals surface area contributed by atoms with Crippen molar-refractivity contribution < 1.29 is 27.5 Å². The van der Waals surface area contributed by atoms with Crippen molar-refractivity contribution in [1.29, 1.82) is 0 Å². The van der Waals surface area contributed by atoms with E-state index in [9.17, 15) is 18.0 Å². The van der Waals surface area contributed by atoms with Gasteiger partial charge in [0.1, 0.15) is 17.1 Å². The normalized spacial score (nSPS) is 10.9. The van der Waals surface area contributed by atoms with Gasteiger partial charge in [0, 0.05) is 16.3 Å². The van der Waals surface area contributed by atoms with Crippen LogP contribution in [0.3, 0.4) is 0 Å². The second kappa shape index (κ2) is 11.1. The topological polar surface area (TPSA) is 137 Å². The lowest BCUT2D eigenvalue weighted by Gasteiger charge is -2.13. The number of carbonyl (C=O) groups is 2. The number of benzene rings is 3. The Kier molecular flexibility index (Phi) is 8.16.